The fourth-order valence-electron chi connectivity index (χ4n) is 3.30. The Morgan fingerprint density at radius 1 is 1.20 bits per heavy atom. The number of fused-ring (bicyclic) bond motifs is 1. The minimum Gasteiger partial charge on any atom is -0.383 e. The molecule has 2 amide bonds. The number of aromatic nitrogens is 1. The Morgan fingerprint density at radius 2 is 1.88 bits per heavy atom. The SMILES string of the molecule is COCCn1cc(NC(=O)NC2(C)Cc3ccccc3C2)ccc1=O. The molecule has 2 N–H and O–H groups in total. The van der Waals surface area contributed by atoms with Crippen LogP contribution in [0, 0.1) is 0 Å². The van der Waals surface area contributed by atoms with Crippen LogP contribution in [-0.4, -0.2) is 29.9 Å². The van der Waals surface area contributed by atoms with E-state index in [1.165, 1.54) is 21.8 Å². The van der Waals surface area contributed by atoms with Gasteiger partial charge in [0, 0.05) is 31.5 Å². The Morgan fingerprint density at radius 3 is 2.52 bits per heavy atom. The first-order valence-electron chi connectivity index (χ1n) is 8.34. The van der Waals surface area contributed by atoms with E-state index in [1.807, 2.05) is 19.1 Å². The molecule has 2 aromatic rings. The molecule has 0 bridgehead atoms. The van der Waals surface area contributed by atoms with Crippen LogP contribution in [-0.2, 0) is 24.1 Å². The number of amides is 2. The maximum absolute atomic E-state index is 12.4. The lowest BCUT2D eigenvalue weighted by Gasteiger charge is -2.25. The van der Waals surface area contributed by atoms with Gasteiger partial charge in [-0.05, 0) is 37.0 Å². The van der Waals surface area contributed by atoms with Crippen molar-refractivity contribution in [1.29, 1.82) is 0 Å². The molecule has 0 radical (unpaired) electrons. The van der Waals surface area contributed by atoms with Gasteiger partial charge in [0.2, 0.25) is 0 Å². The van der Waals surface area contributed by atoms with Crippen molar-refractivity contribution in [3.63, 3.8) is 0 Å². The molecule has 132 valence electrons. The highest BCUT2D eigenvalue weighted by molar-refractivity contribution is 5.89. The third-order valence-electron chi connectivity index (χ3n) is 4.47. The number of hydrogen-bond donors (Lipinski definition) is 2. The number of anilines is 1. The predicted molar refractivity (Wildman–Crippen MR) is 97.0 cm³/mol. The summed E-state index contributed by atoms with van der Waals surface area (Å²) in [5.41, 5.74) is 2.70. The second-order valence-electron chi connectivity index (χ2n) is 6.70. The minimum atomic E-state index is -0.307. The van der Waals surface area contributed by atoms with Crippen molar-refractivity contribution >= 4 is 11.7 Å². The Hall–Kier alpha value is -2.60. The molecule has 0 fully saturated rings. The molecule has 1 aromatic heterocycles. The minimum absolute atomic E-state index is 0.124. The van der Waals surface area contributed by atoms with Gasteiger partial charge < -0.3 is 19.9 Å². The van der Waals surface area contributed by atoms with E-state index < -0.39 is 0 Å². The largest absolute Gasteiger partial charge is 0.383 e. The monoisotopic (exact) mass is 341 g/mol. The van der Waals surface area contributed by atoms with Crippen molar-refractivity contribution in [3.05, 3.63) is 64.1 Å². The first-order chi connectivity index (χ1) is 12.0. The van der Waals surface area contributed by atoms with E-state index in [2.05, 4.69) is 22.8 Å². The van der Waals surface area contributed by atoms with E-state index in [9.17, 15) is 9.59 Å². The number of pyridine rings is 1. The number of carbonyl (C=O) groups is 1. The lowest BCUT2D eigenvalue weighted by Crippen LogP contribution is -2.48. The van der Waals surface area contributed by atoms with Crippen molar-refractivity contribution in [2.24, 2.45) is 0 Å². The van der Waals surface area contributed by atoms with Gasteiger partial charge in [0.15, 0.2) is 0 Å². The van der Waals surface area contributed by atoms with E-state index in [0.717, 1.165) is 12.8 Å². The number of urea groups is 1. The molecule has 0 aliphatic heterocycles. The highest BCUT2D eigenvalue weighted by Crippen LogP contribution is 2.29. The number of benzene rings is 1. The van der Waals surface area contributed by atoms with Gasteiger partial charge in [0.1, 0.15) is 0 Å². The second kappa shape index (κ2) is 7.11. The Bertz CT molecular complexity index is 804. The average molecular weight is 341 g/mol. The Labute approximate surface area is 146 Å². The summed E-state index contributed by atoms with van der Waals surface area (Å²) >= 11 is 0. The van der Waals surface area contributed by atoms with Gasteiger partial charge in [-0.2, -0.15) is 0 Å². The number of carbonyl (C=O) groups excluding carboxylic acids is 1. The Balaban J connectivity index is 1.64. The van der Waals surface area contributed by atoms with Gasteiger partial charge >= 0.3 is 6.03 Å². The third kappa shape index (κ3) is 4.09. The molecule has 1 aliphatic carbocycles. The molecule has 0 spiro atoms. The number of nitrogens with one attached hydrogen (secondary N) is 2. The summed E-state index contributed by atoms with van der Waals surface area (Å²) in [6, 6.07) is 11.0. The molecule has 6 nitrogen and oxygen atoms in total. The molecular formula is C19H23N3O3. The molecule has 0 saturated heterocycles. The van der Waals surface area contributed by atoms with Crippen molar-refractivity contribution < 1.29 is 9.53 Å². The summed E-state index contributed by atoms with van der Waals surface area (Å²) < 4.78 is 6.52. The highest BCUT2D eigenvalue weighted by atomic mass is 16.5. The zero-order chi connectivity index (χ0) is 17.9. The van der Waals surface area contributed by atoms with Gasteiger partial charge in [0.25, 0.3) is 5.56 Å². The van der Waals surface area contributed by atoms with Crippen molar-refractivity contribution in [3.8, 4) is 0 Å². The van der Waals surface area contributed by atoms with Crippen LogP contribution < -0.4 is 16.2 Å². The molecule has 0 atom stereocenters. The fourth-order valence-corrected chi connectivity index (χ4v) is 3.30. The zero-order valence-electron chi connectivity index (χ0n) is 14.5. The quantitative estimate of drug-likeness (QED) is 0.875. The van der Waals surface area contributed by atoms with Gasteiger partial charge in [0.05, 0.1) is 12.3 Å². The van der Waals surface area contributed by atoms with Crippen LogP contribution in [0.4, 0.5) is 10.5 Å². The molecular weight excluding hydrogens is 318 g/mol. The van der Waals surface area contributed by atoms with Gasteiger partial charge in [-0.25, -0.2) is 4.79 Å². The number of nitrogens with zero attached hydrogens (tertiary/aromatic N) is 1. The van der Waals surface area contributed by atoms with Crippen LogP contribution in [0.5, 0.6) is 0 Å². The molecule has 0 unspecified atom stereocenters. The lowest BCUT2D eigenvalue weighted by molar-refractivity contribution is 0.186. The maximum atomic E-state index is 12.4. The smallest absolute Gasteiger partial charge is 0.319 e. The van der Waals surface area contributed by atoms with E-state index >= 15 is 0 Å². The predicted octanol–water partition coefficient (Wildman–Crippen LogP) is 2.17. The van der Waals surface area contributed by atoms with Crippen LogP contribution >= 0.6 is 0 Å². The topological polar surface area (TPSA) is 72.4 Å². The molecule has 6 heteroatoms. The van der Waals surface area contributed by atoms with Gasteiger partial charge in [-0.1, -0.05) is 24.3 Å². The van der Waals surface area contributed by atoms with E-state index in [4.69, 9.17) is 4.74 Å². The van der Waals surface area contributed by atoms with Crippen molar-refractivity contribution in [2.75, 3.05) is 19.0 Å². The summed E-state index contributed by atoms with van der Waals surface area (Å²) in [5, 5.41) is 5.88. The molecule has 1 aromatic carbocycles. The first-order valence-corrected chi connectivity index (χ1v) is 8.34. The standard InChI is InChI=1S/C19H23N3O3/c1-19(11-14-5-3-4-6-15(14)12-19)21-18(24)20-16-7-8-17(23)22(13-16)9-10-25-2/h3-8,13H,9-12H2,1-2H3,(H2,20,21,24). The zero-order valence-corrected chi connectivity index (χ0v) is 14.5. The average Bonchev–Trinajstić information content (AvgIpc) is 2.90. The summed E-state index contributed by atoms with van der Waals surface area (Å²) in [7, 11) is 1.58. The summed E-state index contributed by atoms with van der Waals surface area (Å²) in [5.74, 6) is 0. The first kappa shape index (κ1) is 17.2. The van der Waals surface area contributed by atoms with E-state index in [0.29, 0.717) is 18.8 Å². The van der Waals surface area contributed by atoms with E-state index in [-0.39, 0.29) is 17.1 Å². The summed E-state index contributed by atoms with van der Waals surface area (Å²) in [6.07, 6.45) is 3.25. The van der Waals surface area contributed by atoms with E-state index in [1.54, 1.807) is 19.4 Å². The number of hydrogen-bond acceptors (Lipinski definition) is 3. The van der Waals surface area contributed by atoms with Crippen molar-refractivity contribution in [2.45, 2.75) is 31.8 Å². The van der Waals surface area contributed by atoms with Crippen LogP contribution in [0.2, 0.25) is 0 Å². The summed E-state index contributed by atoms with van der Waals surface area (Å²) in [6.45, 7) is 2.93. The van der Waals surface area contributed by atoms with Crippen LogP contribution in [0.25, 0.3) is 0 Å². The Kier molecular flexibility index (Phi) is 4.90. The van der Waals surface area contributed by atoms with Crippen molar-refractivity contribution in [1.82, 2.24) is 9.88 Å². The number of methoxy groups -OCH3 is 1. The molecule has 1 aliphatic rings. The van der Waals surface area contributed by atoms with Crippen LogP contribution in [0.1, 0.15) is 18.1 Å². The maximum Gasteiger partial charge on any atom is 0.319 e. The van der Waals surface area contributed by atoms with Crippen LogP contribution in [0.15, 0.2) is 47.4 Å². The molecule has 1 heterocycles. The molecule has 0 saturated carbocycles. The summed E-state index contributed by atoms with van der Waals surface area (Å²) in [4.78, 5) is 24.2. The second-order valence-corrected chi connectivity index (χ2v) is 6.70. The lowest BCUT2D eigenvalue weighted by atomic mass is 9.99. The third-order valence-corrected chi connectivity index (χ3v) is 4.47. The molecule has 3 rings (SSSR count). The van der Waals surface area contributed by atoms with Gasteiger partial charge in [-0.3, -0.25) is 4.79 Å². The van der Waals surface area contributed by atoms with Gasteiger partial charge in [-0.15, -0.1) is 0 Å². The number of ether oxygens (including phenoxy) is 1. The fraction of sp³-hybridized carbons (Fsp3) is 0.368. The normalized spacial score (nSPS) is 14.8. The van der Waals surface area contributed by atoms with Crippen LogP contribution in [0.3, 0.4) is 0 Å². The number of rotatable bonds is 5. The molecule has 25 heavy (non-hydrogen) atoms. The highest BCUT2D eigenvalue weighted by Gasteiger charge is 2.33.